The van der Waals surface area contributed by atoms with Crippen molar-refractivity contribution in [1.82, 2.24) is 0 Å². The zero-order valence-electron chi connectivity index (χ0n) is 13.1. The van der Waals surface area contributed by atoms with Crippen molar-refractivity contribution in [2.24, 2.45) is 0 Å². The molecule has 2 aliphatic heterocycles. The van der Waals surface area contributed by atoms with Gasteiger partial charge in [-0.25, -0.2) is 0 Å². The summed E-state index contributed by atoms with van der Waals surface area (Å²) >= 11 is 0. The lowest BCUT2D eigenvalue weighted by molar-refractivity contribution is -0.217. The summed E-state index contributed by atoms with van der Waals surface area (Å²) in [5, 5.41) is 10.2. The molecule has 0 radical (unpaired) electrons. The Labute approximate surface area is 135 Å². The van der Waals surface area contributed by atoms with Gasteiger partial charge in [-0.15, -0.1) is 0 Å². The van der Waals surface area contributed by atoms with Gasteiger partial charge in [-0.3, -0.25) is 4.18 Å². The zero-order valence-corrected chi connectivity index (χ0v) is 13.9. The highest BCUT2D eigenvalue weighted by Gasteiger charge is 2.54. The molecular weight excluding hydrogens is 324 g/mol. The summed E-state index contributed by atoms with van der Waals surface area (Å²) in [6.45, 7) is 4.99. The number of benzene rings is 1. The molecule has 0 aliphatic carbocycles. The highest BCUT2D eigenvalue weighted by Crippen LogP contribution is 2.37. The number of aliphatic hydroxyl groups is 1. The van der Waals surface area contributed by atoms with Crippen molar-refractivity contribution >= 4 is 10.1 Å². The van der Waals surface area contributed by atoms with Crippen LogP contribution in [0.1, 0.15) is 19.4 Å². The van der Waals surface area contributed by atoms with Crippen molar-refractivity contribution in [3.05, 3.63) is 29.8 Å². The van der Waals surface area contributed by atoms with E-state index < -0.39 is 40.5 Å². The molecule has 1 N–H and O–H groups in total. The van der Waals surface area contributed by atoms with E-state index in [1.165, 1.54) is 12.1 Å². The molecule has 128 valence electrons. The van der Waals surface area contributed by atoms with E-state index in [-0.39, 0.29) is 11.5 Å². The molecule has 0 spiro atoms. The van der Waals surface area contributed by atoms with Crippen LogP contribution in [-0.2, 0) is 28.5 Å². The zero-order chi connectivity index (χ0) is 16.8. The van der Waals surface area contributed by atoms with Crippen LogP contribution < -0.4 is 0 Å². The minimum absolute atomic E-state index is 0.0596. The average Bonchev–Trinajstić information content (AvgIpc) is 2.91. The summed E-state index contributed by atoms with van der Waals surface area (Å²) in [7, 11) is -3.91. The lowest BCUT2D eigenvalue weighted by atomic mass is 10.1. The Kier molecular flexibility index (Phi) is 4.24. The van der Waals surface area contributed by atoms with E-state index in [0.29, 0.717) is 0 Å². The minimum Gasteiger partial charge on any atom is -0.387 e. The second-order valence-electron chi connectivity index (χ2n) is 6.19. The molecule has 0 unspecified atom stereocenters. The Bertz CT molecular complexity index is 668. The van der Waals surface area contributed by atoms with Gasteiger partial charge in [0, 0.05) is 0 Å². The summed E-state index contributed by atoms with van der Waals surface area (Å²) in [6, 6.07) is 6.32. The molecule has 7 nitrogen and oxygen atoms in total. The Morgan fingerprint density at radius 1 is 1.22 bits per heavy atom. The highest BCUT2D eigenvalue weighted by molar-refractivity contribution is 7.86. The molecule has 0 saturated carbocycles. The van der Waals surface area contributed by atoms with Crippen molar-refractivity contribution in [3.8, 4) is 0 Å². The average molecular weight is 344 g/mol. The van der Waals surface area contributed by atoms with E-state index in [0.717, 1.165) is 5.56 Å². The van der Waals surface area contributed by atoms with Gasteiger partial charge in [-0.2, -0.15) is 8.42 Å². The fraction of sp³-hybridized carbons (Fsp3) is 0.600. The topological polar surface area (TPSA) is 91.3 Å². The number of ether oxygens (including phenoxy) is 3. The fourth-order valence-corrected chi connectivity index (χ4v) is 3.54. The first-order valence-corrected chi connectivity index (χ1v) is 8.74. The van der Waals surface area contributed by atoms with E-state index in [1.807, 2.05) is 6.92 Å². The quantitative estimate of drug-likeness (QED) is 0.813. The van der Waals surface area contributed by atoms with Gasteiger partial charge in [0.05, 0.1) is 11.5 Å². The van der Waals surface area contributed by atoms with Crippen LogP contribution in [-0.4, -0.2) is 50.5 Å². The van der Waals surface area contributed by atoms with Crippen LogP contribution in [0.25, 0.3) is 0 Å². The number of aliphatic hydroxyl groups excluding tert-OH is 1. The van der Waals surface area contributed by atoms with Gasteiger partial charge in [0.25, 0.3) is 10.1 Å². The third-order valence-electron chi connectivity index (χ3n) is 3.81. The Balaban J connectivity index is 1.62. The minimum atomic E-state index is -3.91. The molecule has 3 rings (SSSR count). The molecule has 8 heteroatoms. The number of aryl methyl sites for hydroxylation is 1. The number of hydrogen-bond acceptors (Lipinski definition) is 7. The SMILES string of the molecule is Cc1ccc(S(=O)(=O)OC[C@H]2O[C@@H]3OC(C)(C)O[C@H]3[C@@H]2O)cc1. The molecule has 0 bridgehead atoms. The molecule has 2 fully saturated rings. The summed E-state index contributed by atoms with van der Waals surface area (Å²) in [5.41, 5.74) is 0.947. The number of rotatable bonds is 4. The maximum Gasteiger partial charge on any atom is 0.297 e. The largest absolute Gasteiger partial charge is 0.387 e. The van der Waals surface area contributed by atoms with Crippen LogP contribution >= 0.6 is 0 Å². The predicted molar refractivity (Wildman–Crippen MR) is 79.0 cm³/mol. The van der Waals surface area contributed by atoms with Gasteiger partial charge in [0.1, 0.15) is 18.3 Å². The summed E-state index contributed by atoms with van der Waals surface area (Å²) < 4.78 is 45.8. The maximum absolute atomic E-state index is 12.1. The first-order chi connectivity index (χ1) is 10.7. The molecule has 1 aromatic rings. The molecule has 0 amide bonds. The fourth-order valence-electron chi connectivity index (χ4n) is 2.63. The molecule has 23 heavy (non-hydrogen) atoms. The lowest BCUT2D eigenvalue weighted by Crippen LogP contribution is -2.37. The molecule has 1 aromatic carbocycles. The normalized spacial score (nSPS) is 32.9. The summed E-state index contributed by atoms with van der Waals surface area (Å²) in [5.74, 6) is -0.837. The Hall–Kier alpha value is -1.03. The molecule has 0 aromatic heterocycles. The lowest BCUT2D eigenvalue weighted by Gasteiger charge is -2.22. The van der Waals surface area contributed by atoms with E-state index >= 15 is 0 Å². The standard InChI is InChI=1S/C15H20O7S/c1-9-4-6-10(7-5-9)23(17,18)19-8-11-12(16)13-14(20-11)22-15(2,3)21-13/h4-7,11-14,16H,8H2,1-3H3/t11-,12-,13+,14-/m1/s1. The third-order valence-corrected chi connectivity index (χ3v) is 5.11. The maximum atomic E-state index is 12.1. The highest BCUT2D eigenvalue weighted by atomic mass is 32.2. The monoisotopic (exact) mass is 344 g/mol. The Morgan fingerprint density at radius 2 is 1.87 bits per heavy atom. The van der Waals surface area contributed by atoms with Crippen LogP contribution in [0.5, 0.6) is 0 Å². The molecular formula is C15H20O7S. The number of hydrogen-bond donors (Lipinski definition) is 1. The van der Waals surface area contributed by atoms with Crippen LogP contribution in [0.3, 0.4) is 0 Å². The first-order valence-electron chi connectivity index (χ1n) is 7.33. The van der Waals surface area contributed by atoms with Crippen molar-refractivity contribution in [2.45, 2.75) is 56.1 Å². The van der Waals surface area contributed by atoms with Crippen molar-refractivity contribution in [1.29, 1.82) is 0 Å². The van der Waals surface area contributed by atoms with E-state index in [2.05, 4.69) is 0 Å². The van der Waals surface area contributed by atoms with Crippen LogP contribution in [0.2, 0.25) is 0 Å². The second kappa shape index (κ2) is 5.80. The van der Waals surface area contributed by atoms with Crippen LogP contribution in [0, 0.1) is 6.92 Å². The molecule has 4 atom stereocenters. The predicted octanol–water partition coefficient (Wildman–Crippen LogP) is 0.938. The smallest absolute Gasteiger partial charge is 0.297 e. The van der Waals surface area contributed by atoms with Gasteiger partial charge in [0.15, 0.2) is 12.1 Å². The van der Waals surface area contributed by atoms with Gasteiger partial charge >= 0.3 is 0 Å². The van der Waals surface area contributed by atoms with Crippen LogP contribution in [0.4, 0.5) is 0 Å². The Morgan fingerprint density at radius 3 is 2.48 bits per heavy atom. The van der Waals surface area contributed by atoms with Gasteiger partial charge in [-0.1, -0.05) is 17.7 Å². The third kappa shape index (κ3) is 3.42. The van der Waals surface area contributed by atoms with E-state index in [4.69, 9.17) is 18.4 Å². The second-order valence-corrected chi connectivity index (χ2v) is 7.80. The van der Waals surface area contributed by atoms with Crippen molar-refractivity contribution < 1.29 is 31.9 Å². The molecule has 2 saturated heterocycles. The van der Waals surface area contributed by atoms with E-state index in [1.54, 1.807) is 26.0 Å². The molecule has 2 aliphatic rings. The summed E-state index contributed by atoms with van der Waals surface area (Å²) in [6.07, 6.45) is -3.23. The van der Waals surface area contributed by atoms with E-state index in [9.17, 15) is 13.5 Å². The van der Waals surface area contributed by atoms with Gasteiger partial charge in [0.2, 0.25) is 0 Å². The van der Waals surface area contributed by atoms with Gasteiger partial charge < -0.3 is 19.3 Å². The van der Waals surface area contributed by atoms with Crippen molar-refractivity contribution in [3.63, 3.8) is 0 Å². The van der Waals surface area contributed by atoms with Crippen molar-refractivity contribution in [2.75, 3.05) is 6.61 Å². The summed E-state index contributed by atoms with van der Waals surface area (Å²) in [4.78, 5) is 0.0596. The van der Waals surface area contributed by atoms with Gasteiger partial charge in [-0.05, 0) is 32.9 Å². The number of fused-ring (bicyclic) bond motifs is 1. The first kappa shape index (κ1) is 16.8. The van der Waals surface area contributed by atoms with Crippen LogP contribution in [0.15, 0.2) is 29.2 Å². The molecule has 2 heterocycles.